The van der Waals surface area contributed by atoms with Crippen LogP contribution < -0.4 is 25.4 Å². The van der Waals surface area contributed by atoms with Gasteiger partial charge in [0.25, 0.3) is 0 Å². The first kappa shape index (κ1) is 27.8. The number of H-pyrrole nitrogens is 1. The van der Waals surface area contributed by atoms with Crippen molar-refractivity contribution < 1.29 is 23.0 Å². The van der Waals surface area contributed by atoms with Crippen LogP contribution in [0.15, 0.2) is 140 Å². The highest BCUT2D eigenvalue weighted by Crippen LogP contribution is 2.38. The number of nitrogens with one attached hydrogen (secondary N) is 1. The number of aromatic nitrogens is 1. The molecule has 7 aromatic rings. The molecule has 45 heavy (non-hydrogen) atoms. The SMILES string of the molecule is O=c1[nH]c2cc(-c3oc4cc(OCc5ccccc5)cc(OCc5ccccc5)c4c(=O)c3OCc3ccccc3)ccc2o1. The van der Waals surface area contributed by atoms with Gasteiger partial charge >= 0.3 is 5.76 Å². The van der Waals surface area contributed by atoms with E-state index < -0.39 is 11.2 Å². The Kier molecular flexibility index (Phi) is 7.60. The van der Waals surface area contributed by atoms with Gasteiger partial charge in [-0.25, -0.2) is 4.79 Å². The Morgan fingerprint density at radius 3 is 1.82 bits per heavy atom. The molecule has 0 aliphatic carbocycles. The molecule has 1 N–H and O–H groups in total. The lowest BCUT2D eigenvalue weighted by atomic mass is 10.1. The molecule has 8 heteroatoms. The van der Waals surface area contributed by atoms with Crippen molar-refractivity contribution in [2.45, 2.75) is 19.8 Å². The van der Waals surface area contributed by atoms with Crippen LogP contribution in [0.2, 0.25) is 0 Å². The van der Waals surface area contributed by atoms with Crippen molar-refractivity contribution >= 4 is 22.1 Å². The van der Waals surface area contributed by atoms with Gasteiger partial charge in [0.2, 0.25) is 11.2 Å². The second-order valence-corrected chi connectivity index (χ2v) is 10.4. The van der Waals surface area contributed by atoms with Crippen LogP contribution >= 0.6 is 0 Å². The van der Waals surface area contributed by atoms with E-state index in [4.69, 9.17) is 23.0 Å². The van der Waals surface area contributed by atoms with Gasteiger partial charge in [0.05, 0.1) is 5.52 Å². The molecule has 0 atom stereocenters. The molecule has 0 spiro atoms. The zero-order valence-corrected chi connectivity index (χ0v) is 24.0. The second-order valence-electron chi connectivity index (χ2n) is 10.4. The number of aromatic amines is 1. The number of ether oxygens (including phenoxy) is 3. The highest BCUT2D eigenvalue weighted by molar-refractivity contribution is 5.89. The summed E-state index contributed by atoms with van der Waals surface area (Å²) in [5, 5.41) is 0.225. The summed E-state index contributed by atoms with van der Waals surface area (Å²) in [4.78, 5) is 28.9. The Bertz CT molecular complexity index is 2200. The summed E-state index contributed by atoms with van der Waals surface area (Å²) in [5.41, 5.74) is 4.01. The van der Waals surface area contributed by atoms with E-state index in [1.165, 1.54) is 0 Å². The lowest BCUT2D eigenvalue weighted by molar-refractivity contribution is 0.288. The monoisotopic (exact) mass is 597 g/mol. The smallest absolute Gasteiger partial charge is 0.417 e. The standard InChI is InChI=1S/C37H27NO7/c39-34-33-31(42-22-25-12-6-2-7-13-25)19-28(41-21-24-10-4-1-5-11-24)20-32(33)44-35(36(34)43-23-26-14-8-3-9-15-26)27-16-17-30-29(18-27)38-37(40)45-30/h1-20H,21-23H2,(H,38,40). The molecule has 222 valence electrons. The molecule has 0 aliphatic heterocycles. The highest BCUT2D eigenvalue weighted by Gasteiger charge is 2.23. The zero-order valence-electron chi connectivity index (χ0n) is 24.0. The van der Waals surface area contributed by atoms with Crippen LogP contribution in [0.5, 0.6) is 17.2 Å². The van der Waals surface area contributed by atoms with E-state index in [0.29, 0.717) is 34.8 Å². The molecule has 0 fully saturated rings. The Morgan fingerprint density at radius 1 is 0.578 bits per heavy atom. The van der Waals surface area contributed by atoms with Gasteiger partial charge in [-0.05, 0) is 34.9 Å². The van der Waals surface area contributed by atoms with Crippen LogP contribution in [0.25, 0.3) is 33.4 Å². The highest BCUT2D eigenvalue weighted by atomic mass is 16.5. The summed E-state index contributed by atoms with van der Waals surface area (Å²) in [5.74, 6) is 0.402. The summed E-state index contributed by atoms with van der Waals surface area (Å²) >= 11 is 0. The maximum absolute atomic E-state index is 14.4. The van der Waals surface area contributed by atoms with Crippen molar-refractivity contribution in [3.8, 4) is 28.6 Å². The first-order valence-corrected chi connectivity index (χ1v) is 14.4. The molecular weight excluding hydrogens is 570 g/mol. The van der Waals surface area contributed by atoms with Crippen LogP contribution in [0.1, 0.15) is 16.7 Å². The van der Waals surface area contributed by atoms with E-state index in [-0.39, 0.29) is 35.7 Å². The second kappa shape index (κ2) is 12.3. The van der Waals surface area contributed by atoms with Gasteiger partial charge in [-0.1, -0.05) is 91.0 Å². The van der Waals surface area contributed by atoms with Gasteiger partial charge in [-0.2, -0.15) is 0 Å². The fraction of sp³-hybridized carbons (Fsp3) is 0.0811. The Balaban J connectivity index is 1.37. The van der Waals surface area contributed by atoms with E-state index in [9.17, 15) is 9.59 Å². The van der Waals surface area contributed by atoms with E-state index >= 15 is 0 Å². The van der Waals surface area contributed by atoms with Crippen molar-refractivity contribution in [1.29, 1.82) is 0 Å². The summed E-state index contributed by atoms with van der Waals surface area (Å²) in [6, 6.07) is 37.4. The quantitative estimate of drug-likeness (QED) is 0.173. The normalized spacial score (nSPS) is 11.1. The van der Waals surface area contributed by atoms with Crippen LogP contribution in [0.4, 0.5) is 0 Å². The number of rotatable bonds is 10. The average molecular weight is 598 g/mol. The van der Waals surface area contributed by atoms with Crippen LogP contribution in [-0.2, 0) is 19.8 Å². The molecule has 0 unspecified atom stereocenters. The molecule has 0 saturated carbocycles. The molecule has 7 rings (SSSR count). The number of hydrogen-bond donors (Lipinski definition) is 1. The maximum Gasteiger partial charge on any atom is 0.417 e. The van der Waals surface area contributed by atoms with E-state index in [0.717, 1.165) is 16.7 Å². The lowest BCUT2D eigenvalue weighted by Gasteiger charge is -2.16. The number of benzene rings is 5. The molecule has 0 aliphatic rings. The van der Waals surface area contributed by atoms with Crippen molar-refractivity contribution in [1.82, 2.24) is 4.98 Å². The minimum atomic E-state index is -0.580. The zero-order chi connectivity index (χ0) is 30.6. The molecular formula is C37H27NO7. The molecule has 2 aromatic heterocycles. The third-order valence-corrected chi connectivity index (χ3v) is 7.28. The minimum Gasteiger partial charge on any atom is -0.489 e. The molecule has 0 radical (unpaired) electrons. The summed E-state index contributed by atoms with van der Waals surface area (Å²) in [6.07, 6.45) is 0. The van der Waals surface area contributed by atoms with E-state index in [2.05, 4.69) is 4.98 Å². The van der Waals surface area contributed by atoms with Crippen molar-refractivity contribution in [2.75, 3.05) is 0 Å². The number of hydrogen-bond acceptors (Lipinski definition) is 7. The molecule has 0 amide bonds. The van der Waals surface area contributed by atoms with Crippen LogP contribution in [0.3, 0.4) is 0 Å². The largest absolute Gasteiger partial charge is 0.489 e. The van der Waals surface area contributed by atoms with Crippen molar-refractivity contribution in [2.24, 2.45) is 0 Å². The van der Waals surface area contributed by atoms with Crippen molar-refractivity contribution in [3.05, 3.63) is 159 Å². The molecule has 2 heterocycles. The van der Waals surface area contributed by atoms with E-state index in [1.807, 2.05) is 91.0 Å². The Hall–Kier alpha value is -6.02. The fourth-order valence-corrected chi connectivity index (χ4v) is 5.06. The van der Waals surface area contributed by atoms with Gasteiger partial charge in [0, 0.05) is 17.7 Å². The topological polar surface area (TPSA) is 104 Å². The van der Waals surface area contributed by atoms with Crippen LogP contribution in [-0.4, -0.2) is 4.98 Å². The minimum absolute atomic E-state index is 0.0130. The molecule has 0 bridgehead atoms. The average Bonchev–Trinajstić information content (AvgIpc) is 3.46. The lowest BCUT2D eigenvalue weighted by Crippen LogP contribution is -2.12. The Morgan fingerprint density at radius 2 is 1.18 bits per heavy atom. The maximum atomic E-state index is 14.4. The summed E-state index contributed by atoms with van der Waals surface area (Å²) in [6.45, 7) is 0.668. The summed E-state index contributed by atoms with van der Waals surface area (Å²) in [7, 11) is 0. The predicted octanol–water partition coefficient (Wildman–Crippen LogP) is 7.63. The summed E-state index contributed by atoms with van der Waals surface area (Å²) < 4.78 is 30.3. The number of fused-ring (bicyclic) bond motifs is 2. The Labute approximate surface area is 257 Å². The molecule has 0 saturated heterocycles. The molecule has 8 nitrogen and oxygen atoms in total. The van der Waals surface area contributed by atoms with Gasteiger partial charge in [0.1, 0.15) is 42.3 Å². The van der Waals surface area contributed by atoms with Gasteiger partial charge < -0.3 is 23.0 Å². The van der Waals surface area contributed by atoms with Crippen LogP contribution in [0, 0.1) is 0 Å². The third kappa shape index (κ3) is 6.07. The first-order valence-electron chi connectivity index (χ1n) is 14.4. The van der Waals surface area contributed by atoms with E-state index in [1.54, 1.807) is 30.3 Å². The fourth-order valence-electron chi connectivity index (χ4n) is 5.06. The van der Waals surface area contributed by atoms with Gasteiger partial charge in [-0.3, -0.25) is 9.78 Å². The van der Waals surface area contributed by atoms with Crippen molar-refractivity contribution in [3.63, 3.8) is 0 Å². The van der Waals surface area contributed by atoms with Gasteiger partial charge in [-0.15, -0.1) is 0 Å². The first-order chi connectivity index (χ1) is 22.1. The third-order valence-electron chi connectivity index (χ3n) is 7.28. The molecule has 5 aromatic carbocycles. The number of oxazole rings is 1. The predicted molar refractivity (Wildman–Crippen MR) is 171 cm³/mol. The van der Waals surface area contributed by atoms with Gasteiger partial charge in [0.15, 0.2) is 11.3 Å².